The van der Waals surface area contributed by atoms with Crippen LogP contribution in [0.3, 0.4) is 0 Å². The van der Waals surface area contributed by atoms with Crippen molar-refractivity contribution in [3.05, 3.63) is 41.3 Å². The minimum atomic E-state index is -4.15. The topological polar surface area (TPSA) is 112 Å². The van der Waals surface area contributed by atoms with Crippen LogP contribution in [0.4, 0.5) is 10.1 Å². The fourth-order valence-corrected chi connectivity index (χ4v) is 2.79. The maximum Gasteiger partial charge on any atom is 0.340 e. The van der Waals surface area contributed by atoms with Gasteiger partial charge in [-0.3, -0.25) is 9.82 Å². The molecule has 0 saturated heterocycles. The van der Waals surface area contributed by atoms with Crippen LogP contribution in [0.15, 0.2) is 29.4 Å². The van der Waals surface area contributed by atoms with E-state index in [2.05, 4.69) is 14.9 Å². The van der Waals surface area contributed by atoms with E-state index in [1.165, 1.54) is 13.0 Å². The second-order valence-corrected chi connectivity index (χ2v) is 5.60. The van der Waals surface area contributed by atoms with E-state index >= 15 is 0 Å². The van der Waals surface area contributed by atoms with E-state index in [4.69, 9.17) is 5.11 Å². The number of hydrogen-bond donors (Lipinski definition) is 3. The van der Waals surface area contributed by atoms with Crippen LogP contribution in [-0.2, 0) is 10.0 Å². The average Bonchev–Trinajstić information content (AvgIpc) is 2.82. The molecule has 0 fully saturated rings. The molecule has 3 N–H and O–H groups in total. The Morgan fingerprint density at radius 2 is 2.15 bits per heavy atom. The van der Waals surface area contributed by atoms with Gasteiger partial charge in [-0.1, -0.05) is 0 Å². The highest BCUT2D eigenvalue weighted by Crippen LogP contribution is 2.21. The fourth-order valence-electron chi connectivity index (χ4n) is 1.57. The van der Waals surface area contributed by atoms with Gasteiger partial charge in [0.1, 0.15) is 11.4 Å². The summed E-state index contributed by atoms with van der Waals surface area (Å²) in [5.74, 6) is -1.92. The lowest BCUT2D eigenvalue weighted by molar-refractivity contribution is 0.0692. The Kier molecular flexibility index (Phi) is 3.45. The number of carbonyl (C=O) groups is 1. The molecule has 1 aromatic heterocycles. The first kappa shape index (κ1) is 14.0. The Morgan fingerprint density at radius 1 is 1.45 bits per heavy atom. The highest BCUT2D eigenvalue weighted by atomic mass is 32.2. The molecule has 0 saturated carbocycles. The normalized spacial score (nSPS) is 11.3. The molecule has 0 aliphatic rings. The molecule has 1 heterocycles. The number of sulfonamides is 1. The van der Waals surface area contributed by atoms with Gasteiger partial charge in [0.15, 0.2) is 5.03 Å². The van der Waals surface area contributed by atoms with Crippen molar-refractivity contribution in [2.45, 2.75) is 11.9 Å². The van der Waals surface area contributed by atoms with Gasteiger partial charge in [-0.15, -0.1) is 0 Å². The molecule has 20 heavy (non-hydrogen) atoms. The number of halogens is 1. The zero-order valence-corrected chi connectivity index (χ0v) is 11.0. The number of carboxylic acids is 1. The third-order valence-electron chi connectivity index (χ3n) is 2.54. The summed E-state index contributed by atoms with van der Waals surface area (Å²) in [6, 6.07) is 3.50. The molecule has 7 nitrogen and oxygen atoms in total. The second-order valence-electron chi connectivity index (χ2n) is 3.98. The van der Waals surface area contributed by atoms with E-state index in [0.717, 1.165) is 18.3 Å². The number of aromatic carboxylic acids is 1. The zero-order valence-electron chi connectivity index (χ0n) is 10.2. The third-order valence-corrected chi connectivity index (χ3v) is 3.87. The van der Waals surface area contributed by atoms with Crippen molar-refractivity contribution < 1.29 is 22.7 Å². The van der Waals surface area contributed by atoms with Gasteiger partial charge < -0.3 is 5.11 Å². The number of aryl methyl sites for hydroxylation is 1. The van der Waals surface area contributed by atoms with Gasteiger partial charge in [-0.05, 0) is 30.7 Å². The number of anilines is 1. The molecular weight excluding hydrogens is 289 g/mol. The van der Waals surface area contributed by atoms with E-state index in [0.29, 0.717) is 5.56 Å². The lowest BCUT2D eigenvalue weighted by Gasteiger charge is -2.09. The Balaban J connectivity index is 2.41. The molecule has 0 radical (unpaired) electrons. The Labute approximate surface area is 113 Å². The van der Waals surface area contributed by atoms with E-state index in [9.17, 15) is 17.6 Å². The van der Waals surface area contributed by atoms with Crippen molar-refractivity contribution in [1.82, 2.24) is 10.2 Å². The van der Waals surface area contributed by atoms with Crippen LogP contribution in [0.1, 0.15) is 15.9 Å². The molecule has 106 valence electrons. The number of nitrogens with zero attached hydrogens (tertiary/aromatic N) is 1. The maximum absolute atomic E-state index is 13.0. The van der Waals surface area contributed by atoms with Crippen LogP contribution >= 0.6 is 0 Å². The average molecular weight is 299 g/mol. The van der Waals surface area contributed by atoms with Crippen LogP contribution in [0, 0.1) is 12.7 Å². The number of carboxylic acid groups (broad SMARTS) is 1. The molecule has 2 aromatic rings. The molecule has 0 aliphatic carbocycles. The van der Waals surface area contributed by atoms with Crippen LogP contribution in [0.25, 0.3) is 0 Å². The first-order chi connectivity index (χ1) is 9.31. The predicted octanol–water partition coefficient (Wildman–Crippen LogP) is 1.36. The molecule has 0 amide bonds. The van der Waals surface area contributed by atoms with Crippen molar-refractivity contribution in [3.8, 4) is 0 Å². The van der Waals surface area contributed by atoms with Crippen LogP contribution in [0.5, 0.6) is 0 Å². The van der Waals surface area contributed by atoms with Gasteiger partial charge in [0.2, 0.25) is 0 Å². The SMILES string of the molecule is Cc1cc(F)ccc1NS(=O)(=O)c1[nH]ncc1C(=O)O. The minimum absolute atomic E-state index is 0.150. The number of hydrogen-bond acceptors (Lipinski definition) is 4. The van der Waals surface area contributed by atoms with Gasteiger partial charge in [-0.2, -0.15) is 13.5 Å². The maximum atomic E-state index is 13.0. The van der Waals surface area contributed by atoms with Crippen molar-refractivity contribution in [2.24, 2.45) is 0 Å². The molecule has 0 unspecified atom stereocenters. The number of benzene rings is 1. The van der Waals surface area contributed by atoms with E-state index in [1.807, 2.05) is 0 Å². The zero-order chi connectivity index (χ0) is 14.9. The minimum Gasteiger partial charge on any atom is -0.478 e. The first-order valence-corrected chi connectivity index (χ1v) is 6.85. The molecule has 9 heteroatoms. The van der Waals surface area contributed by atoms with E-state index in [-0.39, 0.29) is 5.69 Å². The molecule has 0 aliphatic heterocycles. The number of nitrogens with one attached hydrogen (secondary N) is 2. The van der Waals surface area contributed by atoms with Crippen LogP contribution < -0.4 is 4.72 Å². The second kappa shape index (κ2) is 4.93. The largest absolute Gasteiger partial charge is 0.478 e. The number of rotatable bonds is 4. The quantitative estimate of drug-likeness (QED) is 0.789. The highest BCUT2D eigenvalue weighted by Gasteiger charge is 2.25. The number of aromatic nitrogens is 2. The van der Waals surface area contributed by atoms with Gasteiger partial charge in [0, 0.05) is 0 Å². The fraction of sp³-hybridized carbons (Fsp3) is 0.0909. The summed E-state index contributed by atoms with van der Waals surface area (Å²) < 4.78 is 39.3. The molecular formula is C11H10FN3O4S. The van der Waals surface area contributed by atoms with Crippen molar-refractivity contribution in [3.63, 3.8) is 0 Å². The van der Waals surface area contributed by atoms with Gasteiger partial charge in [0.05, 0.1) is 11.9 Å². The molecule has 1 aromatic carbocycles. The summed E-state index contributed by atoms with van der Waals surface area (Å²) in [7, 11) is -4.15. The molecule has 0 spiro atoms. The Morgan fingerprint density at radius 3 is 2.75 bits per heavy atom. The number of H-pyrrole nitrogens is 1. The summed E-state index contributed by atoms with van der Waals surface area (Å²) in [4.78, 5) is 10.9. The van der Waals surface area contributed by atoms with Gasteiger partial charge >= 0.3 is 5.97 Å². The lowest BCUT2D eigenvalue weighted by Crippen LogP contribution is -2.17. The summed E-state index contributed by atoms with van der Waals surface area (Å²) in [5.41, 5.74) is 0.0413. The predicted molar refractivity (Wildman–Crippen MR) is 67.5 cm³/mol. The monoisotopic (exact) mass is 299 g/mol. The van der Waals surface area contributed by atoms with E-state index in [1.54, 1.807) is 0 Å². The van der Waals surface area contributed by atoms with Gasteiger partial charge in [0.25, 0.3) is 10.0 Å². The third kappa shape index (κ3) is 2.62. The summed E-state index contributed by atoms with van der Waals surface area (Å²) >= 11 is 0. The number of aromatic amines is 1. The first-order valence-electron chi connectivity index (χ1n) is 5.37. The smallest absolute Gasteiger partial charge is 0.340 e. The van der Waals surface area contributed by atoms with Crippen LogP contribution in [0.2, 0.25) is 0 Å². The van der Waals surface area contributed by atoms with Crippen LogP contribution in [-0.4, -0.2) is 29.7 Å². The highest BCUT2D eigenvalue weighted by molar-refractivity contribution is 7.92. The van der Waals surface area contributed by atoms with Crippen molar-refractivity contribution >= 4 is 21.7 Å². The van der Waals surface area contributed by atoms with Crippen molar-refractivity contribution in [2.75, 3.05) is 4.72 Å². The summed E-state index contributed by atoms with van der Waals surface area (Å²) in [6.45, 7) is 1.52. The van der Waals surface area contributed by atoms with Crippen molar-refractivity contribution in [1.29, 1.82) is 0 Å². The van der Waals surface area contributed by atoms with E-state index < -0.39 is 32.4 Å². The molecule has 0 atom stereocenters. The lowest BCUT2D eigenvalue weighted by atomic mass is 10.2. The standard InChI is InChI=1S/C11H10FN3O4S/c1-6-4-7(12)2-3-9(6)15-20(18,19)10-8(11(16)17)5-13-14-10/h2-5,15H,1H3,(H,13,14)(H,16,17). The summed E-state index contributed by atoms with van der Waals surface area (Å²) in [5, 5.41) is 13.8. The van der Waals surface area contributed by atoms with Gasteiger partial charge in [-0.25, -0.2) is 9.18 Å². The molecule has 2 rings (SSSR count). The molecule has 0 bridgehead atoms. The Hall–Kier alpha value is -2.42. The summed E-state index contributed by atoms with van der Waals surface area (Å²) in [6.07, 6.45) is 0.897. The Bertz CT molecular complexity index is 770.